The molecule has 1 saturated heterocycles. The smallest absolute Gasteiger partial charge is 0.277 e. The van der Waals surface area contributed by atoms with Gasteiger partial charge in [-0.25, -0.2) is 4.98 Å². The molecule has 7 nitrogen and oxygen atoms in total. The highest BCUT2D eigenvalue weighted by molar-refractivity contribution is 5.89. The summed E-state index contributed by atoms with van der Waals surface area (Å²) >= 11 is 0. The quantitative estimate of drug-likeness (QED) is 0.547. The lowest BCUT2D eigenvalue weighted by Gasteiger charge is -2.33. The zero-order valence-electron chi connectivity index (χ0n) is 20.2. The zero-order chi connectivity index (χ0) is 23.5. The number of fused-ring (bicyclic) bond motifs is 1. The summed E-state index contributed by atoms with van der Waals surface area (Å²) in [6, 6.07) is 12.5. The van der Waals surface area contributed by atoms with Crippen molar-refractivity contribution in [1.82, 2.24) is 14.1 Å². The third-order valence-corrected chi connectivity index (χ3v) is 7.56. The Morgan fingerprint density at radius 2 is 1.86 bits per heavy atom. The maximum absolute atomic E-state index is 13.8. The predicted molar refractivity (Wildman–Crippen MR) is 142 cm³/mol. The van der Waals surface area contributed by atoms with E-state index >= 15 is 0 Å². The van der Waals surface area contributed by atoms with Crippen LogP contribution in [0.25, 0.3) is 11.0 Å². The second kappa shape index (κ2) is 11.3. The number of nitriles is 1. The second-order valence-electron chi connectivity index (χ2n) is 9.96. The SMILES string of the molecule is Cl.N#Cc1c(N2CCCC(N)C2)n(Cc2ccccc2)c2c(=O)n(CCC3CCCCC3)cnc12. The fourth-order valence-corrected chi connectivity index (χ4v) is 5.76. The van der Waals surface area contributed by atoms with Gasteiger partial charge in [-0.1, -0.05) is 62.4 Å². The Bertz CT molecular complexity index is 1240. The van der Waals surface area contributed by atoms with E-state index in [4.69, 9.17) is 5.73 Å². The minimum atomic E-state index is -0.0548. The lowest BCUT2D eigenvalue weighted by molar-refractivity contribution is 0.322. The van der Waals surface area contributed by atoms with E-state index in [1.54, 1.807) is 10.9 Å². The first kappa shape index (κ1) is 25.3. The van der Waals surface area contributed by atoms with Crippen molar-refractivity contribution in [2.75, 3.05) is 18.0 Å². The van der Waals surface area contributed by atoms with Gasteiger partial charge < -0.3 is 15.2 Å². The summed E-state index contributed by atoms with van der Waals surface area (Å²) in [5, 5.41) is 10.2. The summed E-state index contributed by atoms with van der Waals surface area (Å²) < 4.78 is 3.78. The standard InChI is InChI=1S/C27H34N6O.ClH/c28-16-23-24-25(27(34)32(19-30-24)15-13-20-8-3-1-4-9-20)33(17-21-10-5-2-6-11-21)26(23)31-14-7-12-22(29)18-31;/h2,5-6,10-11,19-20,22H,1,3-4,7-9,12-15,17-18,29H2;1H. The van der Waals surface area contributed by atoms with Crippen LogP contribution in [0.1, 0.15) is 62.5 Å². The lowest BCUT2D eigenvalue weighted by Crippen LogP contribution is -2.44. The van der Waals surface area contributed by atoms with Crippen LogP contribution in [0, 0.1) is 17.2 Å². The molecule has 3 aromatic rings. The Hall–Kier alpha value is -2.82. The van der Waals surface area contributed by atoms with E-state index in [1.807, 2.05) is 22.8 Å². The molecule has 2 fully saturated rings. The molecular formula is C27H35ClN6O. The number of aromatic nitrogens is 3. The van der Waals surface area contributed by atoms with Gasteiger partial charge in [0.25, 0.3) is 5.56 Å². The van der Waals surface area contributed by atoms with Gasteiger partial charge in [-0.3, -0.25) is 9.36 Å². The molecule has 0 spiro atoms. The van der Waals surface area contributed by atoms with E-state index < -0.39 is 0 Å². The van der Waals surface area contributed by atoms with Gasteiger partial charge in [0.15, 0.2) is 0 Å². The Morgan fingerprint density at radius 3 is 2.57 bits per heavy atom. The van der Waals surface area contributed by atoms with Gasteiger partial charge >= 0.3 is 0 Å². The van der Waals surface area contributed by atoms with E-state index in [0.29, 0.717) is 42.1 Å². The Labute approximate surface area is 213 Å². The van der Waals surface area contributed by atoms with Crippen molar-refractivity contribution in [3.63, 3.8) is 0 Å². The van der Waals surface area contributed by atoms with Gasteiger partial charge in [0.2, 0.25) is 0 Å². The summed E-state index contributed by atoms with van der Waals surface area (Å²) in [6.07, 6.45) is 11.0. The molecule has 1 aromatic carbocycles. The van der Waals surface area contributed by atoms with Crippen LogP contribution >= 0.6 is 12.4 Å². The molecule has 1 unspecified atom stereocenters. The fraction of sp³-hybridized carbons (Fsp3) is 0.519. The summed E-state index contributed by atoms with van der Waals surface area (Å²) in [6.45, 7) is 2.69. The number of aryl methyl sites for hydroxylation is 1. The average Bonchev–Trinajstić information content (AvgIpc) is 3.18. The number of hydrogen-bond donors (Lipinski definition) is 1. The van der Waals surface area contributed by atoms with Crippen LogP contribution in [0.15, 0.2) is 41.5 Å². The summed E-state index contributed by atoms with van der Waals surface area (Å²) in [4.78, 5) is 20.6. The van der Waals surface area contributed by atoms with Gasteiger partial charge in [-0.2, -0.15) is 5.26 Å². The fourth-order valence-electron chi connectivity index (χ4n) is 5.76. The minimum absolute atomic E-state index is 0. The normalized spacial score (nSPS) is 18.9. The Kier molecular flexibility index (Phi) is 8.15. The lowest BCUT2D eigenvalue weighted by atomic mass is 9.87. The average molecular weight is 495 g/mol. The van der Waals surface area contributed by atoms with Crippen LogP contribution < -0.4 is 16.2 Å². The van der Waals surface area contributed by atoms with Gasteiger partial charge in [-0.15, -0.1) is 12.4 Å². The molecule has 0 amide bonds. The van der Waals surface area contributed by atoms with Crippen LogP contribution in [0.4, 0.5) is 5.82 Å². The van der Waals surface area contributed by atoms with Crippen LogP contribution in [0.5, 0.6) is 0 Å². The molecule has 35 heavy (non-hydrogen) atoms. The van der Waals surface area contributed by atoms with Crippen molar-refractivity contribution in [3.8, 4) is 6.07 Å². The van der Waals surface area contributed by atoms with Crippen molar-refractivity contribution in [2.24, 2.45) is 11.7 Å². The number of nitrogens with two attached hydrogens (primary N) is 1. The molecule has 2 N–H and O–H groups in total. The second-order valence-corrected chi connectivity index (χ2v) is 9.96. The summed E-state index contributed by atoms with van der Waals surface area (Å²) in [5.41, 5.74) is 8.85. The zero-order valence-corrected chi connectivity index (χ0v) is 21.1. The Balaban J connectivity index is 0.00000289. The third-order valence-electron chi connectivity index (χ3n) is 7.56. The molecule has 8 heteroatoms. The topological polar surface area (TPSA) is 92.9 Å². The van der Waals surface area contributed by atoms with Crippen LogP contribution in [0.3, 0.4) is 0 Å². The maximum Gasteiger partial charge on any atom is 0.277 e. The van der Waals surface area contributed by atoms with E-state index in [1.165, 1.54) is 32.1 Å². The highest BCUT2D eigenvalue weighted by Gasteiger charge is 2.28. The molecule has 1 saturated carbocycles. The van der Waals surface area contributed by atoms with Gasteiger partial charge in [0.1, 0.15) is 28.5 Å². The maximum atomic E-state index is 13.8. The molecule has 2 aliphatic rings. The molecule has 1 atom stereocenters. The highest BCUT2D eigenvalue weighted by atomic mass is 35.5. The summed E-state index contributed by atoms with van der Waals surface area (Å²) in [5.74, 6) is 1.47. The molecule has 0 bridgehead atoms. The number of nitrogens with zero attached hydrogens (tertiary/aromatic N) is 5. The van der Waals surface area contributed by atoms with Crippen molar-refractivity contribution in [2.45, 2.75) is 70.5 Å². The number of halogens is 1. The first-order valence-corrected chi connectivity index (χ1v) is 12.7. The molecule has 0 radical (unpaired) electrons. The Morgan fingerprint density at radius 1 is 1.09 bits per heavy atom. The van der Waals surface area contributed by atoms with Crippen LogP contribution in [0.2, 0.25) is 0 Å². The van der Waals surface area contributed by atoms with Crippen LogP contribution in [-0.2, 0) is 13.1 Å². The first-order valence-electron chi connectivity index (χ1n) is 12.7. The largest absolute Gasteiger partial charge is 0.355 e. The molecular weight excluding hydrogens is 460 g/mol. The van der Waals surface area contributed by atoms with E-state index in [2.05, 4.69) is 28.1 Å². The summed E-state index contributed by atoms with van der Waals surface area (Å²) in [7, 11) is 0. The van der Waals surface area contributed by atoms with Crippen LogP contribution in [-0.4, -0.2) is 33.2 Å². The predicted octanol–water partition coefficient (Wildman–Crippen LogP) is 4.44. The first-order chi connectivity index (χ1) is 16.7. The minimum Gasteiger partial charge on any atom is -0.355 e. The number of hydrogen-bond acceptors (Lipinski definition) is 5. The number of anilines is 1. The number of rotatable bonds is 6. The van der Waals surface area contributed by atoms with E-state index in [0.717, 1.165) is 37.2 Å². The molecule has 1 aliphatic heterocycles. The van der Waals surface area contributed by atoms with Gasteiger partial charge in [0.05, 0.1) is 6.33 Å². The number of benzene rings is 1. The van der Waals surface area contributed by atoms with Gasteiger partial charge in [-0.05, 0) is 30.7 Å². The molecule has 186 valence electrons. The monoisotopic (exact) mass is 494 g/mol. The third kappa shape index (κ3) is 5.24. The van der Waals surface area contributed by atoms with E-state index in [-0.39, 0.29) is 24.0 Å². The molecule has 2 aromatic heterocycles. The van der Waals surface area contributed by atoms with Crippen molar-refractivity contribution in [3.05, 3.63) is 58.1 Å². The van der Waals surface area contributed by atoms with Gasteiger partial charge in [0, 0.05) is 32.2 Å². The van der Waals surface area contributed by atoms with Crippen molar-refractivity contribution >= 4 is 29.3 Å². The number of piperidine rings is 1. The molecule has 5 rings (SSSR count). The van der Waals surface area contributed by atoms with Crippen molar-refractivity contribution < 1.29 is 0 Å². The highest BCUT2D eigenvalue weighted by Crippen LogP contribution is 2.32. The van der Waals surface area contributed by atoms with Crippen molar-refractivity contribution in [1.29, 1.82) is 5.26 Å². The molecule has 3 heterocycles. The molecule has 1 aliphatic carbocycles. The van der Waals surface area contributed by atoms with E-state index in [9.17, 15) is 10.1 Å².